The van der Waals surface area contributed by atoms with Crippen LogP contribution in [0.2, 0.25) is 0 Å². The minimum absolute atomic E-state index is 0.781. The van der Waals surface area contributed by atoms with Crippen LogP contribution in [0.1, 0.15) is 16.8 Å². The third-order valence-corrected chi connectivity index (χ3v) is 6.42. The number of hydrogen-bond acceptors (Lipinski definition) is 1. The van der Waals surface area contributed by atoms with Crippen molar-refractivity contribution in [1.29, 1.82) is 0 Å². The van der Waals surface area contributed by atoms with Crippen molar-refractivity contribution in [2.75, 3.05) is 0 Å². The fourth-order valence-electron chi connectivity index (χ4n) is 4.39. The van der Waals surface area contributed by atoms with E-state index in [4.69, 9.17) is 4.98 Å². The lowest BCUT2D eigenvalue weighted by Gasteiger charge is -2.06. The highest BCUT2D eigenvalue weighted by molar-refractivity contribution is 5.80. The van der Waals surface area contributed by atoms with Crippen LogP contribution in [0.3, 0.4) is 0 Å². The van der Waals surface area contributed by atoms with Crippen LogP contribution in [0.4, 0.5) is 0 Å². The van der Waals surface area contributed by atoms with Crippen molar-refractivity contribution in [3.05, 3.63) is 108 Å². The lowest BCUT2D eigenvalue weighted by molar-refractivity contribution is -0.687. The third-order valence-electron chi connectivity index (χ3n) is 6.42. The first kappa shape index (κ1) is 19.5. The van der Waals surface area contributed by atoms with E-state index in [9.17, 15) is 0 Å². The van der Waals surface area contributed by atoms with E-state index in [0.29, 0.717) is 0 Å². The molecule has 6 aromatic rings. The molecule has 0 radical (unpaired) electrons. The van der Waals surface area contributed by atoms with Gasteiger partial charge >= 0.3 is 0 Å². The molecular weight excluding hydrogens is 404 g/mol. The normalized spacial score (nSPS) is 11.5. The molecule has 6 rings (SSSR count). The van der Waals surface area contributed by atoms with Gasteiger partial charge in [0.2, 0.25) is 0 Å². The summed E-state index contributed by atoms with van der Waals surface area (Å²) >= 11 is 0. The van der Waals surface area contributed by atoms with Gasteiger partial charge in [-0.3, -0.25) is 0 Å². The SMILES string of the molecule is Cc1ccc(-c2ccc(-c3nc4cc[n+](Cc5cc6ccccc6[nH]5)cc4[nH]3)cc2)cc1C. The summed E-state index contributed by atoms with van der Waals surface area (Å²) in [5, 5.41) is 1.24. The van der Waals surface area contributed by atoms with Crippen molar-refractivity contribution in [2.24, 2.45) is 0 Å². The first-order valence-corrected chi connectivity index (χ1v) is 11.3. The predicted octanol–water partition coefficient (Wildman–Crippen LogP) is 6.33. The van der Waals surface area contributed by atoms with Crippen LogP contribution in [0.5, 0.6) is 0 Å². The Morgan fingerprint density at radius 1 is 0.727 bits per heavy atom. The number of nitrogens with one attached hydrogen (secondary N) is 2. The maximum atomic E-state index is 4.82. The van der Waals surface area contributed by atoms with Crippen molar-refractivity contribution in [1.82, 2.24) is 15.0 Å². The molecule has 4 heteroatoms. The van der Waals surface area contributed by atoms with E-state index < -0.39 is 0 Å². The Bertz CT molecular complexity index is 1570. The summed E-state index contributed by atoms with van der Waals surface area (Å²) in [6.07, 6.45) is 4.21. The van der Waals surface area contributed by atoms with E-state index in [-0.39, 0.29) is 0 Å². The number of para-hydroxylation sites is 1. The van der Waals surface area contributed by atoms with E-state index >= 15 is 0 Å². The summed E-state index contributed by atoms with van der Waals surface area (Å²) in [5.41, 5.74) is 10.5. The Kier molecular flexibility index (Phi) is 4.58. The quantitative estimate of drug-likeness (QED) is 0.316. The summed E-state index contributed by atoms with van der Waals surface area (Å²) in [6, 6.07) is 27.9. The van der Waals surface area contributed by atoms with Gasteiger partial charge in [0.1, 0.15) is 16.9 Å². The van der Waals surface area contributed by atoms with Crippen LogP contribution in [0.25, 0.3) is 44.5 Å². The highest BCUT2D eigenvalue weighted by Gasteiger charge is 2.12. The lowest BCUT2D eigenvalue weighted by atomic mass is 9.99. The van der Waals surface area contributed by atoms with E-state index in [2.05, 4.69) is 120 Å². The largest absolute Gasteiger partial charge is 0.353 e. The van der Waals surface area contributed by atoms with Crippen molar-refractivity contribution >= 4 is 21.9 Å². The first-order valence-electron chi connectivity index (χ1n) is 11.3. The number of rotatable bonds is 4. The molecule has 33 heavy (non-hydrogen) atoms. The monoisotopic (exact) mass is 429 g/mol. The minimum atomic E-state index is 0.781. The summed E-state index contributed by atoms with van der Waals surface area (Å²) in [5.74, 6) is 0.889. The maximum Gasteiger partial charge on any atom is 0.195 e. The van der Waals surface area contributed by atoms with Gasteiger partial charge in [-0.25, -0.2) is 4.98 Å². The van der Waals surface area contributed by atoms with E-state index in [0.717, 1.165) is 29.0 Å². The number of nitrogens with zero attached hydrogens (tertiary/aromatic N) is 2. The number of aryl methyl sites for hydroxylation is 2. The molecule has 0 atom stereocenters. The maximum absolute atomic E-state index is 4.82. The van der Waals surface area contributed by atoms with E-state index in [1.165, 1.54) is 38.9 Å². The van der Waals surface area contributed by atoms with Crippen LogP contribution in [-0.2, 0) is 6.54 Å². The van der Waals surface area contributed by atoms with Gasteiger partial charge in [-0.05, 0) is 53.6 Å². The molecule has 160 valence electrons. The minimum Gasteiger partial charge on any atom is -0.353 e. The Balaban J connectivity index is 1.27. The zero-order chi connectivity index (χ0) is 22.4. The number of hydrogen-bond donors (Lipinski definition) is 2. The molecule has 3 heterocycles. The zero-order valence-corrected chi connectivity index (χ0v) is 18.8. The fourth-order valence-corrected chi connectivity index (χ4v) is 4.39. The molecule has 0 amide bonds. The average Bonchev–Trinajstić information content (AvgIpc) is 3.44. The van der Waals surface area contributed by atoms with Crippen LogP contribution >= 0.6 is 0 Å². The van der Waals surface area contributed by atoms with Gasteiger partial charge in [-0.2, -0.15) is 4.57 Å². The van der Waals surface area contributed by atoms with E-state index in [1.807, 2.05) is 0 Å². The number of pyridine rings is 1. The van der Waals surface area contributed by atoms with E-state index in [1.54, 1.807) is 0 Å². The zero-order valence-electron chi connectivity index (χ0n) is 18.8. The molecule has 0 aliphatic carbocycles. The standard InChI is InChI=1S/C29H24N4/c1-19-7-8-23(15-20(19)2)21-9-11-22(12-10-21)29-31-27-13-14-33(18-28(27)32-29)17-25-16-24-5-3-4-6-26(24)30-25/h3-16,18,30H,17H2,1-2H3/p+1. The molecule has 0 unspecified atom stereocenters. The number of aromatic amines is 2. The second-order valence-corrected chi connectivity index (χ2v) is 8.76. The topological polar surface area (TPSA) is 48.4 Å². The molecule has 4 nitrogen and oxygen atoms in total. The smallest absolute Gasteiger partial charge is 0.195 e. The molecule has 0 aliphatic rings. The Morgan fingerprint density at radius 3 is 2.33 bits per heavy atom. The van der Waals surface area contributed by atoms with Crippen LogP contribution in [0, 0.1) is 13.8 Å². The second-order valence-electron chi connectivity index (χ2n) is 8.76. The number of aromatic nitrogens is 4. The van der Waals surface area contributed by atoms with Crippen molar-refractivity contribution < 1.29 is 4.57 Å². The third kappa shape index (κ3) is 3.70. The summed E-state index contributed by atoms with van der Waals surface area (Å²) in [7, 11) is 0. The summed E-state index contributed by atoms with van der Waals surface area (Å²) in [6.45, 7) is 5.09. The Labute approximate surface area is 192 Å². The predicted molar refractivity (Wildman–Crippen MR) is 134 cm³/mol. The molecule has 3 aromatic carbocycles. The van der Waals surface area contributed by atoms with Crippen LogP contribution < -0.4 is 4.57 Å². The number of benzene rings is 3. The molecular formula is C29H25N4+. The Hall–Kier alpha value is -4.18. The van der Waals surface area contributed by atoms with Crippen molar-refractivity contribution in [2.45, 2.75) is 20.4 Å². The average molecular weight is 430 g/mol. The van der Waals surface area contributed by atoms with Gasteiger partial charge < -0.3 is 9.97 Å². The summed E-state index contributed by atoms with van der Waals surface area (Å²) < 4.78 is 2.18. The van der Waals surface area contributed by atoms with Crippen LogP contribution in [-0.4, -0.2) is 15.0 Å². The van der Waals surface area contributed by atoms with Gasteiger partial charge in [0.25, 0.3) is 0 Å². The molecule has 0 aliphatic heterocycles. The van der Waals surface area contributed by atoms with Crippen molar-refractivity contribution in [3.8, 4) is 22.5 Å². The Morgan fingerprint density at radius 2 is 1.52 bits per heavy atom. The second kappa shape index (κ2) is 7.75. The van der Waals surface area contributed by atoms with Crippen molar-refractivity contribution in [3.63, 3.8) is 0 Å². The molecule has 0 bridgehead atoms. The molecule has 0 saturated carbocycles. The summed E-state index contributed by atoms with van der Waals surface area (Å²) in [4.78, 5) is 11.8. The lowest BCUT2D eigenvalue weighted by Crippen LogP contribution is -2.33. The van der Waals surface area contributed by atoms with Gasteiger partial charge in [0, 0.05) is 17.1 Å². The molecule has 3 aromatic heterocycles. The first-order chi connectivity index (χ1) is 16.1. The highest BCUT2D eigenvalue weighted by Crippen LogP contribution is 2.26. The van der Waals surface area contributed by atoms with Gasteiger partial charge in [-0.1, -0.05) is 60.7 Å². The molecule has 0 saturated heterocycles. The van der Waals surface area contributed by atoms with Crippen LogP contribution in [0.15, 0.2) is 91.3 Å². The number of H-pyrrole nitrogens is 2. The number of fused-ring (bicyclic) bond motifs is 2. The molecule has 2 N–H and O–H groups in total. The van der Waals surface area contributed by atoms with Gasteiger partial charge in [0.15, 0.2) is 18.9 Å². The van der Waals surface area contributed by atoms with Gasteiger partial charge in [0.05, 0.1) is 5.69 Å². The van der Waals surface area contributed by atoms with Gasteiger partial charge in [-0.15, -0.1) is 0 Å². The highest BCUT2D eigenvalue weighted by atomic mass is 15.0. The molecule has 0 fully saturated rings. The fraction of sp³-hybridized carbons (Fsp3) is 0.103. The number of imidazole rings is 1. The molecule has 0 spiro atoms.